The van der Waals surface area contributed by atoms with E-state index in [9.17, 15) is 9.59 Å². The molecule has 0 atom stereocenters. The molecule has 0 saturated carbocycles. The van der Waals surface area contributed by atoms with E-state index in [1.54, 1.807) is 30.3 Å². The zero-order valence-corrected chi connectivity index (χ0v) is 13.6. The van der Waals surface area contributed by atoms with E-state index in [1.807, 2.05) is 13.8 Å². The van der Waals surface area contributed by atoms with E-state index < -0.39 is 5.97 Å². The molecule has 0 amide bonds. The summed E-state index contributed by atoms with van der Waals surface area (Å²) < 4.78 is 6.23. The van der Waals surface area contributed by atoms with Gasteiger partial charge in [-0.05, 0) is 37.1 Å². The van der Waals surface area contributed by atoms with Gasteiger partial charge in [-0.1, -0.05) is 24.3 Å². The van der Waals surface area contributed by atoms with Crippen molar-refractivity contribution >= 4 is 28.2 Å². The number of carbonyl (C=O) groups is 1. The Kier molecular flexibility index (Phi) is 4.20. The van der Waals surface area contributed by atoms with Crippen LogP contribution >= 0.6 is 11.3 Å². The van der Waals surface area contributed by atoms with Crippen LogP contribution in [0.4, 0.5) is 0 Å². The Balaban J connectivity index is 1.79. The van der Waals surface area contributed by atoms with E-state index in [-0.39, 0.29) is 12.3 Å². The van der Waals surface area contributed by atoms with Crippen molar-refractivity contribution in [1.29, 1.82) is 0 Å². The molecule has 0 N–H and O–H groups in total. The predicted molar refractivity (Wildman–Crippen MR) is 87.6 cm³/mol. The highest BCUT2D eigenvalue weighted by Gasteiger charge is 2.14. The SMILES string of the molecule is CCc1sc(C(=O)OCn2nnc3ccccc3c2=O)cc1C. The lowest BCUT2D eigenvalue weighted by molar-refractivity contribution is 0.0342. The van der Waals surface area contributed by atoms with Crippen molar-refractivity contribution < 1.29 is 9.53 Å². The maximum atomic E-state index is 12.3. The number of benzene rings is 1. The standard InChI is InChI=1S/C16H15N3O3S/c1-3-13-10(2)8-14(23-13)16(21)22-9-19-15(20)11-6-4-5-7-12(11)17-18-19/h4-8H,3,9H2,1-2H3. The van der Waals surface area contributed by atoms with E-state index in [1.165, 1.54) is 11.3 Å². The molecule has 3 aromatic rings. The number of hydrogen-bond acceptors (Lipinski definition) is 6. The van der Waals surface area contributed by atoms with Crippen LogP contribution in [0.3, 0.4) is 0 Å². The van der Waals surface area contributed by atoms with Crippen LogP contribution in [-0.2, 0) is 17.9 Å². The monoisotopic (exact) mass is 329 g/mol. The van der Waals surface area contributed by atoms with Crippen LogP contribution < -0.4 is 5.56 Å². The first-order chi connectivity index (χ1) is 11.1. The second kappa shape index (κ2) is 6.29. The summed E-state index contributed by atoms with van der Waals surface area (Å²) in [4.78, 5) is 26.0. The van der Waals surface area contributed by atoms with Crippen LogP contribution in [0.2, 0.25) is 0 Å². The van der Waals surface area contributed by atoms with E-state index in [4.69, 9.17) is 4.74 Å². The first-order valence-electron chi connectivity index (χ1n) is 7.19. The van der Waals surface area contributed by atoms with Gasteiger partial charge in [0.05, 0.1) is 5.39 Å². The highest BCUT2D eigenvalue weighted by atomic mass is 32.1. The molecule has 0 bridgehead atoms. The Morgan fingerprint density at radius 2 is 2.13 bits per heavy atom. The molecule has 0 fully saturated rings. The minimum absolute atomic E-state index is 0.256. The van der Waals surface area contributed by atoms with Crippen LogP contribution in [0.25, 0.3) is 10.9 Å². The Bertz CT molecular complexity index is 930. The quantitative estimate of drug-likeness (QED) is 0.688. The summed E-state index contributed by atoms with van der Waals surface area (Å²) in [6.45, 7) is 3.75. The van der Waals surface area contributed by atoms with Gasteiger partial charge in [-0.3, -0.25) is 4.79 Å². The second-order valence-corrected chi connectivity index (χ2v) is 6.18. The molecule has 0 aliphatic heterocycles. The number of esters is 1. The number of carbonyl (C=O) groups excluding carboxylic acids is 1. The van der Waals surface area contributed by atoms with Crippen molar-refractivity contribution in [1.82, 2.24) is 15.0 Å². The van der Waals surface area contributed by atoms with Crippen LogP contribution in [-0.4, -0.2) is 21.0 Å². The number of nitrogens with zero attached hydrogens (tertiary/aromatic N) is 3. The van der Waals surface area contributed by atoms with Gasteiger partial charge in [0.1, 0.15) is 10.4 Å². The Morgan fingerprint density at radius 3 is 2.87 bits per heavy atom. The maximum absolute atomic E-state index is 12.3. The molecule has 0 unspecified atom stereocenters. The third kappa shape index (κ3) is 3.00. The van der Waals surface area contributed by atoms with Crippen LogP contribution in [0.15, 0.2) is 35.1 Å². The van der Waals surface area contributed by atoms with E-state index in [0.717, 1.165) is 21.5 Å². The Labute approximate surface area is 136 Å². The van der Waals surface area contributed by atoms with Gasteiger partial charge in [0, 0.05) is 4.88 Å². The van der Waals surface area contributed by atoms with Crippen LogP contribution in [0.5, 0.6) is 0 Å². The number of thiophene rings is 1. The van der Waals surface area contributed by atoms with Crippen molar-refractivity contribution in [2.75, 3.05) is 0 Å². The normalized spacial score (nSPS) is 10.9. The molecule has 118 valence electrons. The Hall–Kier alpha value is -2.54. The van der Waals surface area contributed by atoms with Gasteiger partial charge >= 0.3 is 5.97 Å². The minimum atomic E-state index is -0.459. The number of fused-ring (bicyclic) bond motifs is 1. The highest BCUT2D eigenvalue weighted by molar-refractivity contribution is 7.14. The summed E-state index contributed by atoms with van der Waals surface area (Å²) in [5.74, 6) is -0.459. The molecule has 0 aliphatic carbocycles. The van der Waals surface area contributed by atoms with Crippen molar-refractivity contribution in [3.8, 4) is 0 Å². The molecule has 23 heavy (non-hydrogen) atoms. The highest BCUT2D eigenvalue weighted by Crippen LogP contribution is 2.23. The number of hydrogen-bond donors (Lipinski definition) is 0. The molecule has 1 aromatic carbocycles. The molecule has 3 rings (SSSR count). The van der Waals surface area contributed by atoms with E-state index >= 15 is 0 Å². The smallest absolute Gasteiger partial charge is 0.350 e. The molecular weight excluding hydrogens is 314 g/mol. The van der Waals surface area contributed by atoms with Gasteiger partial charge in [-0.2, -0.15) is 4.68 Å². The summed E-state index contributed by atoms with van der Waals surface area (Å²) >= 11 is 1.41. The molecule has 0 spiro atoms. The lowest BCUT2D eigenvalue weighted by Gasteiger charge is -2.05. The van der Waals surface area contributed by atoms with Gasteiger partial charge < -0.3 is 4.74 Å². The number of rotatable bonds is 4. The minimum Gasteiger partial charge on any atom is -0.438 e. The maximum Gasteiger partial charge on any atom is 0.350 e. The second-order valence-electron chi connectivity index (χ2n) is 5.04. The van der Waals surface area contributed by atoms with Gasteiger partial charge in [-0.25, -0.2) is 4.79 Å². The fourth-order valence-corrected chi connectivity index (χ4v) is 3.28. The molecule has 0 radical (unpaired) electrons. The molecule has 2 heterocycles. The Morgan fingerprint density at radius 1 is 1.35 bits per heavy atom. The van der Waals surface area contributed by atoms with Gasteiger partial charge in [-0.15, -0.1) is 16.4 Å². The third-order valence-corrected chi connectivity index (χ3v) is 4.85. The predicted octanol–water partition coefficient (Wildman–Crippen LogP) is 2.54. The molecule has 2 aromatic heterocycles. The van der Waals surface area contributed by atoms with Crippen molar-refractivity contribution in [2.24, 2.45) is 0 Å². The van der Waals surface area contributed by atoms with Crippen LogP contribution in [0.1, 0.15) is 27.0 Å². The number of aromatic nitrogens is 3. The van der Waals surface area contributed by atoms with Crippen LogP contribution in [0, 0.1) is 6.92 Å². The first-order valence-corrected chi connectivity index (χ1v) is 8.00. The summed E-state index contributed by atoms with van der Waals surface area (Å²) in [6, 6.07) is 8.72. The molecule has 0 saturated heterocycles. The zero-order valence-electron chi connectivity index (χ0n) is 12.8. The molecule has 0 aliphatic rings. The fourth-order valence-electron chi connectivity index (χ4n) is 2.27. The van der Waals surface area contributed by atoms with Gasteiger partial charge in [0.25, 0.3) is 5.56 Å². The van der Waals surface area contributed by atoms with Gasteiger partial charge in [0.2, 0.25) is 0 Å². The fraction of sp³-hybridized carbons (Fsp3) is 0.250. The van der Waals surface area contributed by atoms with Crippen molar-refractivity contribution in [2.45, 2.75) is 27.0 Å². The first kappa shape index (κ1) is 15.4. The number of aryl methyl sites for hydroxylation is 2. The number of ether oxygens (including phenoxy) is 1. The average Bonchev–Trinajstić information content (AvgIpc) is 2.95. The summed E-state index contributed by atoms with van der Waals surface area (Å²) in [5, 5.41) is 8.18. The van der Waals surface area contributed by atoms with Gasteiger partial charge in [0.15, 0.2) is 6.73 Å². The zero-order chi connectivity index (χ0) is 16.4. The topological polar surface area (TPSA) is 74.1 Å². The van der Waals surface area contributed by atoms with Crippen molar-refractivity contribution in [3.05, 3.63) is 56.0 Å². The van der Waals surface area contributed by atoms with Crippen molar-refractivity contribution in [3.63, 3.8) is 0 Å². The largest absolute Gasteiger partial charge is 0.438 e. The summed E-state index contributed by atoms with van der Waals surface area (Å²) in [6.07, 6.45) is 0.874. The third-order valence-electron chi connectivity index (χ3n) is 3.49. The molecule has 7 heteroatoms. The summed E-state index contributed by atoms with van der Waals surface area (Å²) in [7, 11) is 0. The lowest BCUT2D eigenvalue weighted by atomic mass is 10.2. The summed E-state index contributed by atoms with van der Waals surface area (Å²) in [5.41, 5.74) is 1.26. The van der Waals surface area contributed by atoms with E-state index in [0.29, 0.717) is 15.8 Å². The molecule has 6 nitrogen and oxygen atoms in total. The average molecular weight is 329 g/mol. The van der Waals surface area contributed by atoms with E-state index in [2.05, 4.69) is 10.3 Å². The molecular formula is C16H15N3O3S. The lowest BCUT2D eigenvalue weighted by Crippen LogP contribution is -2.26.